The van der Waals surface area contributed by atoms with Gasteiger partial charge in [-0.2, -0.15) is 0 Å². The minimum atomic E-state index is -1.26. The van der Waals surface area contributed by atoms with Crippen molar-refractivity contribution in [2.45, 2.75) is 66.5 Å². The first-order valence-electron chi connectivity index (χ1n) is 17.9. The second kappa shape index (κ2) is 19.6. The molecule has 2 N–H and O–H groups in total. The summed E-state index contributed by atoms with van der Waals surface area (Å²) in [5, 5.41) is 23.9. The van der Waals surface area contributed by atoms with E-state index < -0.39 is 17.8 Å². The largest absolute Gasteiger partial charge is 0.478 e. The number of benzene rings is 1. The highest BCUT2D eigenvalue weighted by molar-refractivity contribution is 5.97. The zero-order chi connectivity index (χ0) is 38.6. The van der Waals surface area contributed by atoms with Crippen molar-refractivity contribution in [2.24, 2.45) is 17.3 Å². The average Bonchev–Trinajstić information content (AvgIpc) is 3.52. The summed E-state index contributed by atoms with van der Waals surface area (Å²) in [6.45, 7) is 19.8. The van der Waals surface area contributed by atoms with E-state index >= 15 is 0 Å². The van der Waals surface area contributed by atoms with Crippen LogP contribution in [0, 0.1) is 23.1 Å². The first-order chi connectivity index (χ1) is 24.6. The number of ether oxygens (including phenoxy) is 2. The zero-order valence-electron chi connectivity index (χ0n) is 31.8. The van der Waals surface area contributed by atoms with E-state index in [0.717, 1.165) is 52.3 Å². The molecule has 2 aromatic rings. The smallest absolute Gasteiger partial charge is 0.328 e. The number of halogens is 1. The molecule has 2 aliphatic rings. The lowest BCUT2D eigenvalue weighted by atomic mass is 9.76. The van der Waals surface area contributed by atoms with E-state index in [1.165, 1.54) is 30.9 Å². The number of likely N-dealkylation sites (tertiary alicyclic amines) is 1. The molecule has 1 spiro atoms. The first-order valence-corrected chi connectivity index (χ1v) is 17.9. The monoisotopic (exact) mass is 729 g/mol. The number of carbonyl (C=O) groups excluding carboxylic acids is 1. The maximum absolute atomic E-state index is 14.3. The molecule has 4 rings (SSSR count). The van der Waals surface area contributed by atoms with E-state index in [1.54, 1.807) is 12.0 Å². The number of aliphatic carboxylic acids is 2. The van der Waals surface area contributed by atoms with E-state index in [-0.39, 0.29) is 34.6 Å². The molecule has 52 heavy (non-hydrogen) atoms. The molecule has 15 heteroatoms. The zero-order valence-corrected chi connectivity index (χ0v) is 31.8. The Morgan fingerprint density at radius 1 is 1.08 bits per heavy atom. The summed E-state index contributed by atoms with van der Waals surface area (Å²) in [5.41, 5.74) is 0.345. The van der Waals surface area contributed by atoms with Crippen LogP contribution in [0.1, 0.15) is 64.7 Å². The van der Waals surface area contributed by atoms with Gasteiger partial charge in [0.1, 0.15) is 17.9 Å². The fourth-order valence-electron chi connectivity index (χ4n) is 7.04. The van der Waals surface area contributed by atoms with Crippen LogP contribution in [0.4, 0.5) is 10.2 Å². The molecule has 0 radical (unpaired) electrons. The van der Waals surface area contributed by atoms with Crippen molar-refractivity contribution in [1.29, 1.82) is 0 Å². The van der Waals surface area contributed by atoms with E-state index in [9.17, 15) is 18.8 Å². The van der Waals surface area contributed by atoms with Crippen LogP contribution in [-0.2, 0) is 14.3 Å². The van der Waals surface area contributed by atoms with Crippen LogP contribution in [0.2, 0.25) is 0 Å². The number of methoxy groups -OCH3 is 1. The lowest BCUT2D eigenvalue weighted by molar-refractivity contribution is -0.134. The normalized spacial score (nSPS) is 16.6. The topological polar surface area (TPSA) is 162 Å². The van der Waals surface area contributed by atoms with E-state index in [0.29, 0.717) is 42.4 Å². The van der Waals surface area contributed by atoms with Crippen LogP contribution in [-0.4, -0.2) is 137 Å². The molecule has 2 atom stereocenters. The summed E-state index contributed by atoms with van der Waals surface area (Å²) in [5.74, 6) is -1.07. The summed E-state index contributed by atoms with van der Waals surface area (Å²) in [7, 11) is 3.93. The number of aromatic nitrogens is 3. The molecule has 2 saturated heterocycles. The highest BCUT2D eigenvalue weighted by Gasteiger charge is 2.50. The molecule has 1 aromatic heterocycles. The van der Waals surface area contributed by atoms with Crippen LogP contribution in [0.5, 0.6) is 11.6 Å². The molecular formula is C37H56FN7O7. The first kappa shape index (κ1) is 42.2. The van der Waals surface area contributed by atoms with Crippen LogP contribution in [0.3, 0.4) is 0 Å². The van der Waals surface area contributed by atoms with Crippen molar-refractivity contribution in [3.8, 4) is 11.6 Å². The summed E-state index contributed by atoms with van der Waals surface area (Å²) >= 11 is 0. The van der Waals surface area contributed by atoms with Crippen molar-refractivity contribution in [3.63, 3.8) is 0 Å². The molecule has 1 unspecified atom stereocenters. The van der Waals surface area contributed by atoms with Gasteiger partial charge in [0.2, 0.25) is 0 Å². The minimum Gasteiger partial charge on any atom is -0.478 e. The van der Waals surface area contributed by atoms with Gasteiger partial charge in [0, 0.05) is 82.6 Å². The third kappa shape index (κ3) is 11.9. The van der Waals surface area contributed by atoms with Gasteiger partial charge < -0.3 is 34.4 Å². The SMILES string of the molecule is CCN(C(=O)c1cc(F)ccc1Oc1nncnc1N1CCC2(C1)CN([C@H](CC(C)C)C(C)CN(C)CCOC)C2)C(C)C.O=C(O)/C=C/C(=O)O. The van der Waals surface area contributed by atoms with Crippen LogP contribution in [0.25, 0.3) is 0 Å². The lowest BCUT2D eigenvalue weighted by Gasteiger charge is -2.53. The summed E-state index contributed by atoms with van der Waals surface area (Å²) in [6, 6.07) is 4.48. The maximum atomic E-state index is 14.3. The molecule has 2 aliphatic heterocycles. The Morgan fingerprint density at radius 2 is 1.75 bits per heavy atom. The van der Waals surface area contributed by atoms with Gasteiger partial charge in [0.05, 0.1) is 12.2 Å². The summed E-state index contributed by atoms with van der Waals surface area (Å²) < 4.78 is 25.8. The minimum absolute atomic E-state index is 0.0418. The summed E-state index contributed by atoms with van der Waals surface area (Å²) in [4.78, 5) is 46.0. The van der Waals surface area contributed by atoms with Gasteiger partial charge in [0.15, 0.2) is 5.82 Å². The van der Waals surface area contributed by atoms with Crippen molar-refractivity contribution in [2.75, 3.05) is 71.5 Å². The molecule has 2 fully saturated rings. The molecule has 3 heterocycles. The Balaban J connectivity index is 0.000000815. The number of hydrogen-bond donors (Lipinski definition) is 2. The Labute approximate surface area is 306 Å². The predicted octanol–water partition coefficient (Wildman–Crippen LogP) is 4.53. The quantitative estimate of drug-likeness (QED) is 0.219. The van der Waals surface area contributed by atoms with E-state index in [2.05, 4.69) is 57.7 Å². The number of carbonyl (C=O) groups is 3. The number of carboxylic acids is 2. The average molecular weight is 730 g/mol. The number of amides is 1. The number of rotatable bonds is 17. The molecule has 1 amide bonds. The van der Waals surface area contributed by atoms with Crippen LogP contribution >= 0.6 is 0 Å². The number of anilines is 1. The van der Waals surface area contributed by atoms with Crippen molar-refractivity contribution >= 4 is 23.7 Å². The fourth-order valence-corrected chi connectivity index (χ4v) is 7.04. The molecule has 288 valence electrons. The Morgan fingerprint density at radius 3 is 2.33 bits per heavy atom. The van der Waals surface area contributed by atoms with Crippen LogP contribution in [0.15, 0.2) is 36.7 Å². The number of likely N-dealkylation sites (N-methyl/N-ethyl adjacent to an activating group) is 1. The molecule has 1 aromatic carbocycles. The Kier molecular flexibility index (Phi) is 15.9. The second-order valence-electron chi connectivity index (χ2n) is 14.5. The van der Waals surface area contributed by atoms with Gasteiger partial charge in [-0.3, -0.25) is 9.69 Å². The standard InChI is InChI=1S/C33H52FN7O3.C4H4O4/c1-9-41(24(4)5)32(42)27-17-26(34)10-11-29(27)44-31-30(35-22-36-37-31)39-13-12-33(19-39)20-40(21-33)28(16-23(2)3)25(6)18-38(7)14-15-43-8;5-3(6)1-2-4(7)8/h10-11,17,22-25,28H,9,12-16,18-21H2,1-8H3;1-2H,(H,5,6)(H,7,8)/b;2-1+/t25?,28-;/m1./s1. The van der Waals surface area contributed by atoms with Crippen molar-refractivity contribution in [3.05, 3.63) is 48.1 Å². The van der Waals surface area contributed by atoms with Gasteiger partial charge >= 0.3 is 11.9 Å². The number of hydrogen-bond acceptors (Lipinski definition) is 11. The van der Waals surface area contributed by atoms with Crippen molar-refractivity contribution in [1.82, 2.24) is 29.9 Å². The lowest BCUT2D eigenvalue weighted by Crippen LogP contribution is -2.62. The maximum Gasteiger partial charge on any atom is 0.328 e. The Hall–Kier alpha value is -4.21. The third-order valence-corrected chi connectivity index (χ3v) is 9.47. The third-order valence-electron chi connectivity index (χ3n) is 9.47. The van der Waals surface area contributed by atoms with Crippen molar-refractivity contribution < 1.29 is 38.5 Å². The Bertz CT molecular complexity index is 1500. The summed E-state index contributed by atoms with van der Waals surface area (Å²) in [6.07, 6.45) is 4.78. The molecule has 14 nitrogen and oxygen atoms in total. The van der Waals surface area contributed by atoms with E-state index in [1.807, 2.05) is 20.8 Å². The molecule has 0 saturated carbocycles. The van der Waals surface area contributed by atoms with Gasteiger partial charge in [-0.15, -0.1) is 10.2 Å². The van der Waals surface area contributed by atoms with Gasteiger partial charge in [0.25, 0.3) is 11.8 Å². The van der Waals surface area contributed by atoms with Gasteiger partial charge in [-0.05, 0) is 70.7 Å². The molecule has 0 bridgehead atoms. The number of nitrogens with zero attached hydrogens (tertiary/aromatic N) is 7. The number of carboxylic acid groups (broad SMARTS) is 2. The van der Waals surface area contributed by atoms with E-state index in [4.69, 9.17) is 19.7 Å². The molecule has 0 aliphatic carbocycles. The van der Waals surface area contributed by atoms with Gasteiger partial charge in [-0.1, -0.05) is 20.8 Å². The highest BCUT2D eigenvalue weighted by Crippen LogP contribution is 2.45. The van der Waals surface area contributed by atoms with Crippen LogP contribution < -0.4 is 9.64 Å². The molecular weight excluding hydrogens is 673 g/mol. The predicted molar refractivity (Wildman–Crippen MR) is 195 cm³/mol. The highest BCUT2D eigenvalue weighted by atomic mass is 19.1. The fraction of sp³-hybridized carbons (Fsp3) is 0.622. The van der Waals surface area contributed by atoms with Gasteiger partial charge in [-0.25, -0.2) is 19.0 Å². The second-order valence-corrected chi connectivity index (χ2v) is 14.5.